The maximum absolute atomic E-state index is 11.8. The number of halogens is 1. The number of nitrogens with zero attached hydrogens (tertiary/aromatic N) is 1. The summed E-state index contributed by atoms with van der Waals surface area (Å²) in [6, 6.07) is 0. The van der Waals surface area contributed by atoms with E-state index in [1.165, 1.54) is 5.57 Å². The van der Waals surface area contributed by atoms with Gasteiger partial charge in [-0.3, -0.25) is 4.79 Å². The highest BCUT2D eigenvalue weighted by Crippen LogP contribution is 2.38. The topological polar surface area (TPSA) is 49.4 Å². The van der Waals surface area contributed by atoms with Crippen LogP contribution in [-0.4, -0.2) is 36.7 Å². The second-order valence-corrected chi connectivity index (χ2v) is 7.23. The first-order valence-electron chi connectivity index (χ1n) is 9.18. The SMILES string of the molecule is CC(=O)N1CCC(CCC=O)C(C2=CC3C=CNCCC3C=C2)C1.Cl. The van der Waals surface area contributed by atoms with Gasteiger partial charge in [0.2, 0.25) is 5.91 Å². The lowest BCUT2D eigenvalue weighted by Crippen LogP contribution is -2.43. The molecule has 0 radical (unpaired) electrons. The first-order chi connectivity index (χ1) is 11.7. The van der Waals surface area contributed by atoms with Crippen molar-refractivity contribution in [2.45, 2.75) is 32.6 Å². The van der Waals surface area contributed by atoms with Gasteiger partial charge in [0, 0.05) is 44.8 Å². The second-order valence-electron chi connectivity index (χ2n) is 7.23. The fraction of sp³-hybridized carbons (Fsp3) is 0.600. The molecule has 1 fully saturated rings. The lowest BCUT2D eigenvalue weighted by molar-refractivity contribution is -0.131. The number of carbonyl (C=O) groups excluding carboxylic acids is 2. The smallest absolute Gasteiger partial charge is 0.219 e. The molecule has 1 aliphatic carbocycles. The molecule has 2 heterocycles. The first kappa shape index (κ1) is 19.8. The molecule has 5 heteroatoms. The maximum atomic E-state index is 11.8. The zero-order valence-corrected chi connectivity index (χ0v) is 15.7. The van der Waals surface area contributed by atoms with E-state index in [1.807, 2.05) is 4.90 Å². The molecule has 0 saturated carbocycles. The van der Waals surface area contributed by atoms with Gasteiger partial charge in [-0.05, 0) is 42.9 Å². The largest absolute Gasteiger partial charge is 0.391 e. The van der Waals surface area contributed by atoms with E-state index in [9.17, 15) is 9.59 Å². The molecule has 138 valence electrons. The summed E-state index contributed by atoms with van der Waals surface area (Å²) in [5.41, 5.74) is 1.35. The Morgan fingerprint density at radius 1 is 1.36 bits per heavy atom. The summed E-state index contributed by atoms with van der Waals surface area (Å²) in [4.78, 5) is 24.6. The molecule has 3 rings (SSSR count). The number of carbonyl (C=O) groups is 2. The van der Waals surface area contributed by atoms with Crippen LogP contribution >= 0.6 is 12.4 Å². The molecule has 0 aromatic rings. The molecule has 0 aromatic carbocycles. The van der Waals surface area contributed by atoms with Crippen molar-refractivity contribution in [3.63, 3.8) is 0 Å². The van der Waals surface area contributed by atoms with Crippen molar-refractivity contribution in [2.24, 2.45) is 23.7 Å². The van der Waals surface area contributed by atoms with E-state index < -0.39 is 0 Å². The Morgan fingerprint density at radius 2 is 2.20 bits per heavy atom. The molecule has 4 nitrogen and oxygen atoms in total. The molecule has 1 saturated heterocycles. The van der Waals surface area contributed by atoms with Gasteiger partial charge in [-0.15, -0.1) is 12.4 Å². The normalized spacial score (nSPS) is 31.1. The number of nitrogens with one attached hydrogen (secondary N) is 1. The number of likely N-dealkylation sites (tertiary alicyclic amines) is 1. The van der Waals surface area contributed by atoms with Gasteiger partial charge in [0.25, 0.3) is 0 Å². The summed E-state index contributed by atoms with van der Waals surface area (Å²) in [6.45, 7) is 4.29. The monoisotopic (exact) mass is 364 g/mol. The third-order valence-corrected chi connectivity index (χ3v) is 5.76. The quantitative estimate of drug-likeness (QED) is 0.780. The standard InChI is InChI=1S/C20H28N2O2.ClH/c1-15(24)22-11-8-17(3-2-12-23)20(14-22)19-5-4-16-6-9-21-10-7-18(16)13-19;/h4-5,7,10,12-13,16-18,20-21H,2-3,6,8-9,11,14H2,1H3;1H. The highest BCUT2D eigenvalue weighted by Gasteiger charge is 2.33. The van der Waals surface area contributed by atoms with Gasteiger partial charge >= 0.3 is 0 Å². The third kappa shape index (κ3) is 4.75. The van der Waals surface area contributed by atoms with Crippen LogP contribution in [0.2, 0.25) is 0 Å². The second kappa shape index (κ2) is 9.23. The lowest BCUT2D eigenvalue weighted by atomic mass is 9.73. The maximum Gasteiger partial charge on any atom is 0.219 e. The van der Waals surface area contributed by atoms with Gasteiger partial charge < -0.3 is 15.0 Å². The molecular formula is C20H29ClN2O2. The van der Waals surface area contributed by atoms with Crippen LogP contribution in [0.3, 0.4) is 0 Å². The number of fused-ring (bicyclic) bond motifs is 1. The summed E-state index contributed by atoms with van der Waals surface area (Å²) in [5, 5.41) is 3.32. The Morgan fingerprint density at radius 3 is 2.96 bits per heavy atom. The van der Waals surface area contributed by atoms with Crippen molar-refractivity contribution in [2.75, 3.05) is 19.6 Å². The summed E-state index contributed by atoms with van der Waals surface area (Å²) in [6.07, 6.45) is 16.1. The summed E-state index contributed by atoms with van der Waals surface area (Å²) >= 11 is 0. The van der Waals surface area contributed by atoms with Gasteiger partial charge in [-0.2, -0.15) is 0 Å². The predicted molar refractivity (Wildman–Crippen MR) is 102 cm³/mol. The molecule has 1 amide bonds. The van der Waals surface area contributed by atoms with E-state index in [4.69, 9.17) is 0 Å². The first-order valence-corrected chi connectivity index (χ1v) is 9.18. The number of piperidine rings is 1. The van der Waals surface area contributed by atoms with E-state index in [0.29, 0.717) is 30.1 Å². The number of amides is 1. The molecule has 25 heavy (non-hydrogen) atoms. The fourth-order valence-corrected chi connectivity index (χ4v) is 4.30. The van der Waals surface area contributed by atoms with Crippen LogP contribution in [0.15, 0.2) is 36.1 Å². The summed E-state index contributed by atoms with van der Waals surface area (Å²) < 4.78 is 0. The van der Waals surface area contributed by atoms with Crippen molar-refractivity contribution in [3.05, 3.63) is 36.1 Å². The minimum Gasteiger partial charge on any atom is -0.391 e. The molecule has 0 bridgehead atoms. The molecule has 3 aliphatic rings. The van der Waals surface area contributed by atoms with E-state index in [1.54, 1.807) is 6.92 Å². The van der Waals surface area contributed by atoms with Crippen LogP contribution in [0.25, 0.3) is 0 Å². The Balaban J connectivity index is 0.00000225. The minimum absolute atomic E-state index is 0. The Labute approximate surface area is 156 Å². The van der Waals surface area contributed by atoms with E-state index in [-0.39, 0.29) is 18.3 Å². The van der Waals surface area contributed by atoms with Gasteiger partial charge in [-0.25, -0.2) is 0 Å². The van der Waals surface area contributed by atoms with Crippen molar-refractivity contribution < 1.29 is 9.59 Å². The molecule has 4 atom stereocenters. The number of aldehydes is 1. The fourth-order valence-electron chi connectivity index (χ4n) is 4.30. The summed E-state index contributed by atoms with van der Waals surface area (Å²) in [5.74, 6) is 2.02. The van der Waals surface area contributed by atoms with Crippen LogP contribution in [0, 0.1) is 23.7 Å². The Bertz CT molecular complexity index is 570. The van der Waals surface area contributed by atoms with Gasteiger partial charge in [0.05, 0.1) is 0 Å². The average molecular weight is 365 g/mol. The number of allylic oxidation sites excluding steroid dienone is 4. The minimum atomic E-state index is 0. The van der Waals surface area contributed by atoms with E-state index in [2.05, 4.69) is 35.8 Å². The third-order valence-electron chi connectivity index (χ3n) is 5.76. The molecule has 4 unspecified atom stereocenters. The van der Waals surface area contributed by atoms with Gasteiger partial charge in [0.15, 0.2) is 0 Å². The van der Waals surface area contributed by atoms with E-state index in [0.717, 1.165) is 45.2 Å². The van der Waals surface area contributed by atoms with E-state index >= 15 is 0 Å². The van der Waals surface area contributed by atoms with Gasteiger partial charge in [-0.1, -0.05) is 24.3 Å². The van der Waals surface area contributed by atoms with Crippen LogP contribution in [-0.2, 0) is 9.59 Å². The zero-order valence-electron chi connectivity index (χ0n) is 14.9. The Hall–Kier alpha value is -1.55. The molecule has 0 spiro atoms. The van der Waals surface area contributed by atoms with Crippen molar-refractivity contribution in [1.29, 1.82) is 0 Å². The molecular weight excluding hydrogens is 336 g/mol. The average Bonchev–Trinajstić information content (AvgIpc) is 2.84. The number of hydrogen-bond donors (Lipinski definition) is 1. The van der Waals surface area contributed by atoms with Crippen molar-refractivity contribution in [3.8, 4) is 0 Å². The summed E-state index contributed by atoms with van der Waals surface area (Å²) in [7, 11) is 0. The zero-order chi connectivity index (χ0) is 16.9. The predicted octanol–water partition coefficient (Wildman–Crippen LogP) is 3.11. The van der Waals surface area contributed by atoms with Crippen LogP contribution in [0.5, 0.6) is 0 Å². The van der Waals surface area contributed by atoms with Gasteiger partial charge in [0.1, 0.15) is 6.29 Å². The Kier molecular flexibility index (Phi) is 7.30. The van der Waals surface area contributed by atoms with Crippen molar-refractivity contribution in [1.82, 2.24) is 10.2 Å². The lowest BCUT2D eigenvalue weighted by Gasteiger charge is -2.40. The molecule has 2 aliphatic heterocycles. The molecule has 1 N–H and O–H groups in total. The highest BCUT2D eigenvalue weighted by atomic mass is 35.5. The molecule has 0 aromatic heterocycles. The highest BCUT2D eigenvalue weighted by molar-refractivity contribution is 5.85. The number of rotatable bonds is 4. The number of hydrogen-bond acceptors (Lipinski definition) is 3. The van der Waals surface area contributed by atoms with Crippen molar-refractivity contribution >= 4 is 24.6 Å². The van der Waals surface area contributed by atoms with Crippen LogP contribution in [0.1, 0.15) is 32.6 Å². The van der Waals surface area contributed by atoms with Crippen LogP contribution < -0.4 is 5.32 Å². The van der Waals surface area contributed by atoms with Crippen LogP contribution in [0.4, 0.5) is 0 Å².